The summed E-state index contributed by atoms with van der Waals surface area (Å²) >= 11 is 6.33. The highest BCUT2D eigenvalue weighted by atomic mass is 32.1. The van der Waals surface area contributed by atoms with Crippen molar-refractivity contribution in [3.8, 4) is 10.7 Å². The van der Waals surface area contributed by atoms with Gasteiger partial charge in [0.15, 0.2) is 15.7 Å². The Kier molecular flexibility index (Phi) is 5.47. The molecule has 2 N–H and O–H groups in total. The molecule has 0 atom stereocenters. The van der Waals surface area contributed by atoms with Gasteiger partial charge in [-0.05, 0) is 37.3 Å². The van der Waals surface area contributed by atoms with Gasteiger partial charge in [-0.25, -0.2) is 4.98 Å². The van der Waals surface area contributed by atoms with Gasteiger partial charge in [-0.1, -0.05) is 23.5 Å². The highest BCUT2D eigenvalue weighted by Crippen LogP contribution is 2.33. The minimum atomic E-state index is -4.53. The number of allylic oxidation sites excluding steroid dienone is 1. The monoisotopic (exact) mass is 425 g/mol. The smallest absolute Gasteiger partial charge is 0.298 e. The van der Waals surface area contributed by atoms with Crippen LogP contribution < -0.4 is 5.32 Å². The molecule has 2 heterocycles. The fraction of sp³-hybridized carbons (Fsp3) is 0.176. The number of aromatic amines is 1. The van der Waals surface area contributed by atoms with Gasteiger partial charge >= 0.3 is 6.18 Å². The largest absolute Gasteiger partial charge is 0.416 e. The van der Waals surface area contributed by atoms with Crippen molar-refractivity contribution in [3.63, 3.8) is 0 Å². The number of carbonyl (C=O) groups is 1. The van der Waals surface area contributed by atoms with Crippen molar-refractivity contribution in [3.05, 3.63) is 58.5 Å². The minimum Gasteiger partial charge on any atom is -0.298 e. The molecule has 0 aliphatic heterocycles. The summed E-state index contributed by atoms with van der Waals surface area (Å²) < 4.78 is 40.6. The Morgan fingerprint density at radius 1 is 1.46 bits per heavy atom. The summed E-state index contributed by atoms with van der Waals surface area (Å²) in [5.41, 5.74) is -0.404. The molecule has 3 aromatic rings. The van der Waals surface area contributed by atoms with Crippen molar-refractivity contribution < 1.29 is 18.0 Å². The number of alkyl halides is 3. The summed E-state index contributed by atoms with van der Waals surface area (Å²) in [6.07, 6.45) is -2.86. The number of anilines is 1. The second-order valence-electron chi connectivity index (χ2n) is 5.72. The SMILES string of the molecule is C=CCn1c(-c2sc(NC(=O)c3cccc(C(F)(F)F)c3)nc2C)n[nH]c1=S. The lowest BCUT2D eigenvalue weighted by molar-refractivity contribution is -0.137. The van der Waals surface area contributed by atoms with E-state index in [1.54, 1.807) is 17.6 Å². The second kappa shape index (κ2) is 7.68. The number of nitrogens with one attached hydrogen (secondary N) is 2. The number of benzene rings is 1. The number of aryl methyl sites for hydroxylation is 1. The number of halogens is 3. The molecule has 28 heavy (non-hydrogen) atoms. The third-order valence-corrected chi connectivity index (χ3v) is 5.12. The minimum absolute atomic E-state index is 0.112. The average Bonchev–Trinajstić information content (AvgIpc) is 3.17. The van der Waals surface area contributed by atoms with E-state index >= 15 is 0 Å². The van der Waals surface area contributed by atoms with Crippen LogP contribution >= 0.6 is 23.6 Å². The lowest BCUT2D eigenvalue weighted by Crippen LogP contribution is -2.13. The second-order valence-corrected chi connectivity index (χ2v) is 7.10. The van der Waals surface area contributed by atoms with Crippen molar-refractivity contribution in [1.29, 1.82) is 0 Å². The number of aromatic nitrogens is 4. The van der Waals surface area contributed by atoms with Gasteiger partial charge in [-0.15, -0.1) is 6.58 Å². The zero-order valence-electron chi connectivity index (χ0n) is 14.5. The van der Waals surface area contributed by atoms with E-state index in [1.807, 2.05) is 0 Å². The zero-order chi connectivity index (χ0) is 20.5. The molecule has 0 saturated carbocycles. The molecule has 0 bridgehead atoms. The van der Waals surface area contributed by atoms with Crippen molar-refractivity contribution in [2.24, 2.45) is 0 Å². The zero-order valence-corrected chi connectivity index (χ0v) is 16.1. The lowest BCUT2D eigenvalue weighted by Gasteiger charge is -2.08. The van der Waals surface area contributed by atoms with E-state index in [2.05, 4.69) is 27.1 Å². The van der Waals surface area contributed by atoms with Crippen LogP contribution in [0.3, 0.4) is 0 Å². The van der Waals surface area contributed by atoms with Crippen LogP contribution in [0.5, 0.6) is 0 Å². The standard InChI is InChI=1S/C17H14F3N5OS2/c1-3-7-25-13(23-24-16(25)27)12-9(2)21-15(28-12)22-14(26)10-5-4-6-11(8-10)17(18,19)20/h3-6,8H,1,7H2,2H3,(H,24,27)(H,21,22,26). The number of H-pyrrole nitrogens is 1. The van der Waals surface area contributed by atoms with Crippen LogP contribution in [-0.4, -0.2) is 25.7 Å². The fourth-order valence-electron chi connectivity index (χ4n) is 2.45. The normalized spacial score (nSPS) is 11.4. The maximum absolute atomic E-state index is 12.8. The molecule has 146 valence electrons. The van der Waals surface area contributed by atoms with Crippen LogP contribution in [0.4, 0.5) is 18.3 Å². The fourth-order valence-corrected chi connectivity index (χ4v) is 3.62. The molecule has 0 fully saturated rings. The van der Waals surface area contributed by atoms with Gasteiger partial charge in [-0.2, -0.15) is 18.3 Å². The summed E-state index contributed by atoms with van der Waals surface area (Å²) in [7, 11) is 0. The Bertz CT molecular complexity index is 1100. The van der Waals surface area contributed by atoms with E-state index in [9.17, 15) is 18.0 Å². The molecule has 0 spiro atoms. The number of amides is 1. The number of hydrogen-bond acceptors (Lipinski definition) is 5. The van der Waals surface area contributed by atoms with Gasteiger partial charge in [0.2, 0.25) is 0 Å². The van der Waals surface area contributed by atoms with Gasteiger partial charge in [0.25, 0.3) is 5.91 Å². The van der Waals surface area contributed by atoms with Crippen LogP contribution in [0.25, 0.3) is 10.7 Å². The van der Waals surface area contributed by atoms with Crippen molar-refractivity contribution in [1.82, 2.24) is 19.7 Å². The van der Waals surface area contributed by atoms with E-state index in [4.69, 9.17) is 12.2 Å². The van der Waals surface area contributed by atoms with Gasteiger partial charge in [-0.3, -0.25) is 19.8 Å². The first-order chi connectivity index (χ1) is 13.2. The van der Waals surface area contributed by atoms with E-state index in [0.29, 0.717) is 27.7 Å². The first kappa shape index (κ1) is 20.0. The van der Waals surface area contributed by atoms with E-state index in [-0.39, 0.29) is 10.7 Å². The maximum atomic E-state index is 12.8. The van der Waals surface area contributed by atoms with Gasteiger partial charge in [0.05, 0.1) is 16.1 Å². The van der Waals surface area contributed by atoms with E-state index in [1.165, 1.54) is 12.1 Å². The average molecular weight is 425 g/mol. The maximum Gasteiger partial charge on any atom is 0.416 e. The first-order valence-electron chi connectivity index (χ1n) is 7.93. The molecule has 2 aromatic heterocycles. The van der Waals surface area contributed by atoms with Gasteiger partial charge in [0, 0.05) is 12.1 Å². The van der Waals surface area contributed by atoms with Crippen LogP contribution in [0.15, 0.2) is 36.9 Å². The molecule has 6 nitrogen and oxygen atoms in total. The Morgan fingerprint density at radius 2 is 2.21 bits per heavy atom. The van der Waals surface area contributed by atoms with Crippen molar-refractivity contribution >= 4 is 34.6 Å². The molecule has 3 rings (SSSR count). The summed E-state index contributed by atoms with van der Waals surface area (Å²) in [6.45, 7) is 5.85. The number of rotatable bonds is 5. The molecular formula is C17H14F3N5OS2. The Morgan fingerprint density at radius 3 is 2.89 bits per heavy atom. The van der Waals surface area contributed by atoms with E-state index < -0.39 is 17.6 Å². The van der Waals surface area contributed by atoms with Crippen molar-refractivity contribution in [2.75, 3.05) is 5.32 Å². The van der Waals surface area contributed by atoms with Crippen LogP contribution in [-0.2, 0) is 12.7 Å². The van der Waals surface area contributed by atoms with E-state index in [0.717, 1.165) is 23.5 Å². The predicted octanol–water partition coefficient (Wildman–Crippen LogP) is 4.83. The number of nitrogens with zero attached hydrogens (tertiary/aromatic N) is 3. The summed E-state index contributed by atoms with van der Waals surface area (Å²) in [4.78, 5) is 17.3. The quantitative estimate of drug-likeness (QED) is 0.454. The first-order valence-corrected chi connectivity index (χ1v) is 9.15. The number of hydrogen-bond donors (Lipinski definition) is 2. The number of thiazole rings is 1. The molecule has 0 unspecified atom stereocenters. The molecule has 0 aliphatic carbocycles. The van der Waals surface area contributed by atoms with Gasteiger partial charge < -0.3 is 0 Å². The summed E-state index contributed by atoms with van der Waals surface area (Å²) in [5, 5.41) is 9.66. The highest BCUT2D eigenvalue weighted by molar-refractivity contribution is 7.71. The molecule has 0 radical (unpaired) electrons. The topological polar surface area (TPSA) is 75.6 Å². The number of carbonyl (C=O) groups excluding carboxylic acids is 1. The lowest BCUT2D eigenvalue weighted by atomic mass is 10.1. The summed E-state index contributed by atoms with van der Waals surface area (Å²) in [5.74, 6) is -0.143. The molecule has 11 heteroatoms. The third kappa shape index (κ3) is 4.04. The summed E-state index contributed by atoms with van der Waals surface area (Å²) in [6, 6.07) is 4.20. The van der Waals surface area contributed by atoms with Crippen molar-refractivity contribution in [2.45, 2.75) is 19.6 Å². The Hall–Kier alpha value is -2.79. The third-order valence-electron chi connectivity index (χ3n) is 3.74. The Balaban J connectivity index is 1.88. The van der Waals surface area contributed by atoms with Crippen LogP contribution in [0.1, 0.15) is 21.6 Å². The Labute approximate surface area is 166 Å². The molecule has 0 aliphatic rings. The molecular weight excluding hydrogens is 411 g/mol. The predicted molar refractivity (Wildman–Crippen MR) is 103 cm³/mol. The highest BCUT2D eigenvalue weighted by Gasteiger charge is 2.31. The molecule has 1 aromatic carbocycles. The van der Waals surface area contributed by atoms with Crippen LogP contribution in [0, 0.1) is 11.7 Å². The van der Waals surface area contributed by atoms with Gasteiger partial charge in [0.1, 0.15) is 0 Å². The molecule has 0 saturated heterocycles. The van der Waals surface area contributed by atoms with Crippen LogP contribution in [0.2, 0.25) is 0 Å². The molecule has 1 amide bonds.